The van der Waals surface area contributed by atoms with Crippen LogP contribution in [0.2, 0.25) is 0 Å². The van der Waals surface area contributed by atoms with Crippen LogP contribution in [-0.4, -0.2) is 21.1 Å². The molecular weight excluding hydrogens is 304 g/mol. The van der Waals surface area contributed by atoms with Gasteiger partial charge < -0.3 is 10.1 Å². The number of rotatable bonds is 6. The van der Waals surface area contributed by atoms with E-state index in [9.17, 15) is 4.79 Å². The summed E-state index contributed by atoms with van der Waals surface area (Å²) in [5.41, 5.74) is 1.76. The summed E-state index contributed by atoms with van der Waals surface area (Å²) in [6, 6.07) is 14.4. The first-order chi connectivity index (χ1) is 11.8. The topological polar surface area (TPSA) is 77.0 Å². The molecule has 0 atom stereocenters. The second-order valence-corrected chi connectivity index (χ2v) is 5.10. The molecule has 6 heteroatoms. The van der Waals surface area contributed by atoms with Gasteiger partial charge in [0.25, 0.3) is 0 Å². The first-order valence-electron chi connectivity index (χ1n) is 7.54. The number of aryl methyl sites for hydroxylation is 1. The Kier molecular flexibility index (Phi) is 5.09. The third kappa shape index (κ3) is 4.61. The number of nitrogens with one attached hydrogen (secondary N) is 1. The molecule has 3 aromatic rings. The molecule has 0 radical (unpaired) electrons. The molecule has 0 aliphatic carbocycles. The Labute approximate surface area is 139 Å². The van der Waals surface area contributed by atoms with Crippen molar-refractivity contribution in [3.63, 3.8) is 0 Å². The highest BCUT2D eigenvalue weighted by Gasteiger charge is 2.05. The van der Waals surface area contributed by atoms with E-state index in [0.29, 0.717) is 30.2 Å². The van der Waals surface area contributed by atoms with Crippen LogP contribution in [0, 0.1) is 0 Å². The number of pyridine rings is 1. The zero-order chi connectivity index (χ0) is 16.6. The predicted molar refractivity (Wildman–Crippen MR) is 89.7 cm³/mol. The Morgan fingerprint density at radius 2 is 1.92 bits per heavy atom. The first-order valence-corrected chi connectivity index (χ1v) is 7.54. The molecule has 0 aliphatic heterocycles. The van der Waals surface area contributed by atoms with Crippen molar-refractivity contribution in [1.29, 1.82) is 0 Å². The molecule has 6 nitrogen and oxygen atoms in total. The maximum absolute atomic E-state index is 12.1. The Morgan fingerprint density at radius 1 is 1.04 bits per heavy atom. The molecule has 0 unspecified atom stereocenters. The van der Waals surface area contributed by atoms with Crippen molar-refractivity contribution < 1.29 is 9.53 Å². The van der Waals surface area contributed by atoms with Crippen LogP contribution in [0.1, 0.15) is 12.0 Å². The number of benzene rings is 1. The fourth-order valence-electron chi connectivity index (χ4n) is 2.13. The third-order valence-electron chi connectivity index (χ3n) is 3.28. The Bertz CT molecular complexity index is 794. The van der Waals surface area contributed by atoms with Gasteiger partial charge in [0.15, 0.2) is 0 Å². The molecule has 0 saturated carbocycles. The summed E-state index contributed by atoms with van der Waals surface area (Å²) in [6.07, 6.45) is 6.09. The lowest BCUT2D eigenvalue weighted by molar-refractivity contribution is -0.116. The van der Waals surface area contributed by atoms with Gasteiger partial charge >= 0.3 is 0 Å². The molecule has 0 fully saturated rings. The monoisotopic (exact) mass is 320 g/mol. The van der Waals surface area contributed by atoms with Gasteiger partial charge in [0.2, 0.25) is 11.8 Å². The number of anilines is 1. The minimum Gasteiger partial charge on any atom is -0.437 e. The number of hydrogen-bond donors (Lipinski definition) is 1. The van der Waals surface area contributed by atoms with Crippen molar-refractivity contribution in [2.75, 3.05) is 5.32 Å². The molecule has 120 valence electrons. The van der Waals surface area contributed by atoms with Gasteiger partial charge in [-0.25, -0.2) is 0 Å². The van der Waals surface area contributed by atoms with Crippen LogP contribution in [0.5, 0.6) is 11.6 Å². The summed E-state index contributed by atoms with van der Waals surface area (Å²) in [7, 11) is 0. The molecule has 2 aromatic heterocycles. The highest BCUT2D eigenvalue weighted by atomic mass is 16.5. The average Bonchev–Trinajstić information content (AvgIpc) is 2.62. The van der Waals surface area contributed by atoms with E-state index in [2.05, 4.69) is 20.5 Å². The van der Waals surface area contributed by atoms with Crippen molar-refractivity contribution in [2.24, 2.45) is 0 Å². The fourth-order valence-corrected chi connectivity index (χ4v) is 2.13. The van der Waals surface area contributed by atoms with E-state index < -0.39 is 0 Å². The van der Waals surface area contributed by atoms with Gasteiger partial charge in [-0.1, -0.05) is 6.07 Å². The Morgan fingerprint density at radius 3 is 2.71 bits per heavy atom. The number of nitrogens with zero attached hydrogens (tertiary/aromatic N) is 3. The van der Waals surface area contributed by atoms with Gasteiger partial charge in [0.05, 0.1) is 0 Å². The van der Waals surface area contributed by atoms with Crippen molar-refractivity contribution in [2.45, 2.75) is 12.8 Å². The molecule has 2 heterocycles. The zero-order valence-corrected chi connectivity index (χ0v) is 12.9. The van der Waals surface area contributed by atoms with Crippen molar-refractivity contribution in [3.05, 3.63) is 72.7 Å². The lowest BCUT2D eigenvalue weighted by Crippen LogP contribution is -2.12. The van der Waals surface area contributed by atoms with Crippen molar-refractivity contribution in [3.8, 4) is 11.6 Å². The molecule has 1 amide bonds. The molecule has 0 bridgehead atoms. The molecule has 1 N–H and O–H groups in total. The maximum atomic E-state index is 12.1. The predicted octanol–water partition coefficient (Wildman–Crippen LogP) is 3.24. The lowest BCUT2D eigenvalue weighted by Gasteiger charge is -2.08. The van der Waals surface area contributed by atoms with Crippen LogP contribution in [0.25, 0.3) is 0 Å². The number of hydrogen-bond acceptors (Lipinski definition) is 5. The summed E-state index contributed by atoms with van der Waals surface area (Å²) in [5, 5.41) is 10.5. The number of carbonyl (C=O) groups excluding carboxylic acids is 1. The number of ether oxygens (including phenoxy) is 1. The van der Waals surface area contributed by atoms with Crippen LogP contribution in [-0.2, 0) is 11.2 Å². The minimum atomic E-state index is -0.0523. The molecule has 0 aliphatic rings. The zero-order valence-electron chi connectivity index (χ0n) is 12.9. The van der Waals surface area contributed by atoms with E-state index in [1.165, 1.54) is 0 Å². The highest BCUT2D eigenvalue weighted by Crippen LogP contribution is 2.22. The Balaban J connectivity index is 1.57. The third-order valence-corrected chi connectivity index (χ3v) is 3.28. The fraction of sp³-hybridized carbons (Fsp3) is 0.111. The highest BCUT2D eigenvalue weighted by molar-refractivity contribution is 5.91. The SMILES string of the molecule is O=C(CCc1ccncc1)Nc1cccc(Oc2cccnn2)c1. The van der Waals surface area contributed by atoms with Gasteiger partial charge in [-0.3, -0.25) is 9.78 Å². The van der Waals surface area contributed by atoms with Gasteiger partial charge in [0, 0.05) is 42.8 Å². The molecule has 24 heavy (non-hydrogen) atoms. The maximum Gasteiger partial charge on any atom is 0.238 e. The van der Waals surface area contributed by atoms with Crippen LogP contribution in [0.15, 0.2) is 67.1 Å². The summed E-state index contributed by atoms with van der Waals surface area (Å²) < 4.78 is 5.60. The normalized spacial score (nSPS) is 10.2. The van der Waals surface area contributed by atoms with E-state index in [-0.39, 0.29) is 5.91 Å². The molecular formula is C18H16N4O2. The van der Waals surface area contributed by atoms with Crippen LogP contribution in [0.4, 0.5) is 5.69 Å². The number of aromatic nitrogens is 3. The molecule has 1 aromatic carbocycles. The van der Waals surface area contributed by atoms with Crippen LogP contribution >= 0.6 is 0 Å². The smallest absolute Gasteiger partial charge is 0.238 e. The first kappa shape index (κ1) is 15.6. The largest absolute Gasteiger partial charge is 0.437 e. The summed E-state index contributed by atoms with van der Waals surface area (Å²) in [4.78, 5) is 16.0. The van der Waals surface area contributed by atoms with Crippen LogP contribution < -0.4 is 10.1 Å². The quantitative estimate of drug-likeness (QED) is 0.754. The summed E-state index contributed by atoms with van der Waals surface area (Å²) in [5.74, 6) is 0.935. The van der Waals surface area contributed by atoms with Gasteiger partial charge in [-0.05, 0) is 42.3 Å². The van der Waals surface area contributed by atoms with E-state index in [0.717, 1.165) is 5.56 Å². The van der Waals surface area contributed by atoms with Crippen molar-refractivity contribution >= 4 is 11.6 Å². The second kappa shape index (κ2) is 7.82. The Hall–Kier alpha value is -3.28. The second-order valence-electron chi connectivity index (χ2n) is 5.10. The van der Waals surface area contributed by atoms with E-state index in [4.69, 9.17) is 4.74 Å². The standard InChI is InChI=1S/C18H16N4O2/c23-17(7-6-14-8-11-19-12-9-14)21-15-3-1-4-16(13-15)24-18-5-2-10-20-22-18/h1-5,8-13H,6-7H2,(H,21,23). The van der Waals surface area contributed by atoms with Gasteiger partial charge in [-0.15, -0.1) is 5.10 Å². The van der Waals surface area contributed by atoms with E-state index >= 15 is 0 Å². The molecule has 0 saturated heterocycles. The van der Waals surface area contributed by atoms with Crippen LogP contribution in [0.3, 0.4) is 0 Å². The van der Waals surface area contributed by atoms with E-state index in [1.807, 2.05) is 24.3 Å². The van der Waals surface area contributed by atoms with Gasteiger partial charge in [0.1, 0.15) is 5.75 Å². The lowest BCUT2D eigenvalue weighted by atomic mass is 10.1. The molecule has 3 rings (SSSR count). The molecule has 0 spiro atoms. The summed E-state index contributed by atoms with van der Waals surface area (Å²) in [6.45, 7) is 0. The minimum absolute atomic E-state index is 0.0523. The van der Waals surface area contributed by atoms with Gasteiger partial charge in [-0.2, -0.15) is 5.10 Å². The number of carbonyl (C=O) groups is 1. The summed E-state index contributed by atoms with van der Waals surface area (Å²) >= 11 is 0. The average molecular weight is 320 g/mol. The number of amides is 1. The van der Waals surface area contributed by atoms with E-state index in [1.54, 1.807) is 42.9 Å². The van der Waals surface area contributed by atoms with Crippen molar-refractivity contribution in [1.82, 2.24) is 15.2 Å².